The Labute approximate surface area is 119 Å². The van der Waals surface area contributed by atoms with Gasteiger partial charge in [-0.15, -0.1) is 0 Å². The topological polar surface area (TPSA) is 70.2 Å². The van der Waals surface area contributed by atoms with Crippen LogP contribution in [-0.4, -0.2) is 30.9 Å². The van der Waals surface area contributed by atoms with Crippen LogP contribution in [0, 0.1) is 0 Å². The molecule has 1 aromatic carbocycles. The molecule has 0 aromatic heterocycles. The summed E-state index contributed by atoms with van der Waals surface area (Å²) in [5.74, 6) is -0.171. The van der Waals surface area contributed by atoms with Gasteiger partial charge in [-0.3, -0.25) is 9.59 Å². The molecule has 108 valence electrons. The molecular formula is C15H21N3O2. The van der Waals surface area contributed by atoms with E-state index in [1.54, 1.807) is 6.07 Å². The van der Waals surface area contributed by atoms with Crippen molar-refractivity contribution in [3.05, 3.63) is 29.3 Å². The van der Waals surface area contributed by atoms with Crippen LogP contribution in [0.25, 0.3) is 0 Å². The van der Waals surface area contributed by atoms with Crippen LogP contribution in [0.15, 0.2) is 18.2 Å². The van der Waals surface area contributed by atoms with Crippen molar-refractivity contribution in [2.45, 2.75) is 32.7 Å². The third-order valence-corrected chi connectivity index (χ3v) is 3.16. The van der Waals surface area contributed by atoms with Crippen molar-refractivity contribution >= 4 is 17.5 Å². The Morgan fingerprint density at radius 2 is 2.15 bits per heavy atom. The highest BCUT2D eigenvalue weighted by Crippen LogP contribution is 2.22. The number of anilines is 1. The van der Waals surface area contributed by atoms with Gasteiger partial charge in [-0.1, -0.05) is 0 Å². The van der Waals surface area contributed by atoms with E-state index in [0.717, 1.165) is 18.7 Å². The van der Waals surface area contributed by atoms with E-state index >= 15 is 0 Å². The van der Waals surface area contributed by atoms with Crippen molar-refractivity contribution in [3.63, 3.8) is 0 Å². The molecule has 0 bridgehead atoms. The first-order valence-electron chi connectivity index (χ1n) is 7.00. The Hall–Kier alpha value is -2.04. The van der Waals surface area contributed by atoms with Gasteiger partial charge < -0.3 is 16.0 Å². The van der Waals surface area contributed by atoms with Crippen LogP contribution in [0.5, 0.6) is 0 Å². The molecule has 0 atom stereocenters. The second-order valence-electron chi connectivity index (χ2n) is 5.28. The van der Waals surface area contributed by atoms with E-state index in [1.807, 2.05) is 26.0 Å². The lowest BCUT2D eigenvalue weighted by atomic mass is 10.1. The van der Waals surface area contributed by atoms with Gasteiger partial charge in [0.05, 0.1) is 0 Å². The molecule has 3 N–H and O–H groups in total. The number of carbonyl (C=O) groups is 2. The minimum atomic E-state index is -0.128. The van der Waals surface area contributed by atoms with Crippen molar-refractivity contribution in [3.8, 4) is 0 Å². The molecule has 0 aliphatic carbocycles. The monoisotopic (exact) mass is 275 g/mol. The highest BCUT2D eigenvalue weighted by atomic mass is 16.2. The zero-order valence-corrected chi connectivity index (χ0v) is 12.0. The number of nitrogens with one attached hydrogen (secondary N) is 3. The predicted octanol–water partition coefficient (Wildman–Crippen LogP) is 1.30. The third-order valence-electron chi connectivity index (χ3n) is 3.16. The standard InChI is InChI=1S/C15H21N3O2/c1-10(2)18-14(19)6-8-17-15(20)12-3-4-13-11(9-12)5-7-16-13/h3-4,9-10,16H,5-8H2,1-2H3,(H,17,20)(H,18,19). The number of carbonyl (C=O) groups excluding carboxylic acids is 2. The Bertz CT molecular complexity index is 512. The summed E-state index contributed by atoms with van der Waals surface area (Å²) in [7, 11) is 0. The van der Waals surface area contributed by atoms with Gasteiger partial charge in [0.2, 0.25) is 5.91 Å². The number of rotatable bonds is 5. The maximum atomic E-state index is 12.0. The lowest BCUT2D eigenvalue weighted by molar-refractivity contribution is -0.121. The van der Waals surface area contributed by atoms with Crippen LogP contribution in [0.3, 0.4) is 0 Å². The molecule has 2 amide bonds. The van der Waals surface area contributed by atoms with Gasteiger partial charge in [0.1, 0.15) is 0 Å². The van der Waals surface area contributed by atoms with E-state index < -0.39 is 0 Å². The maximum Gasteiger partial charge on any atom is 0.251 e. The summed E-state index contributed by atoms with van der Waals surface area (Å²) in [6.07, 6.45) is 1.25. The Morgan fingerprint density at radius 3 is 2.90 bits per heavy atom. The zero-order chi connectivity index (χ0) is 14.5. The SMILES string of the molecule is CC(C)NC(=O)CCNC(=O)c1ccc2c(c1)CCN2. The van der Waals surface area contributed by atoms with Gasteiger partial charge in [-0.05, 0) is 44.0 Å². The molecule has 1 aliphatic rings. The molecule has 5 heteroatoms. The first-order valence-corrected chi connectivity index (χ1v) is 7.00. The van der Waals surface area contributed by atoms with Crippen LogP contribution >= 0.6 is 0 Å². The van der Waals surface area contributed by atoms with E-state index in [2.05, 4.69) is 16.0 Å². The fourth-order valence-electron chi connectivity index (χ4n) is 2.23. The highest BCUT2D eigenvalue weighted by Gasteiger charge is 2.13. The summed E-state index contributed by atoms with van der Waals surface area (Å²) < 4.78 is 0. The number of fused-ring (bicyclic) bond motifs is 1. The lowest BCUT2D eigenvalue weighted by Crippen LogP contribution is -2.34. The molecule has 5 nitrogen and oxygen atoms in total. The van der Waals surface area contributed by atoms with Crippen LogP contribution in [0.2, 0.25) is 0 Å². The number of hydrogen-bond acceptors (Lipinski definition) is 3. The summed E-state index contributed by atoms with van der Waals surface area (Å²) in [5, 5.41) is 8.82. The van der Waals surface area contributed by atoms with E-state index in [9.17, 15) is 9.59 Å². The van der Waals surface area contributed by atoms with Crippen molar-refractivity contribution in [1.82, 2.24) is 10.6 Å². The van der Waals surface area contributed by atoms with E-state index in [0.29, 0.717) is 18.5 Å². The average molecular weight is 275 g/mol. The van der Waals surface area contributed by atoms with Crippen molar-refractivity contribution in [2.24, 2.45) is 0 Å². The largest absolute Gasteiger partial charge is 0.384 e. The maximum absolute atomic E-state index is 12.0. The molecule has 0 fully saturated rings. The molecule has 1 heterocycles. The molecule has 1 aromatic rings. The van der Waals surface area contributed by atoms with Gasteiger partial charge in [0, 0.05) is 36.8 Å². The van der Waals surface area contributed by atoms with Crippen molar-refractivity contribution in [2.75, 3.05) is 18.4 Å². The summed E-state index contributed by atoms with van der Waals surface area (Å²) in [6.45, 7) is 5.10. The Kier molecular flexibility index (Phi) is 4.61. The van der Waals surface area contributed by atoms with E-state index in [-0.39, 0.29) is 17.9 Å². The van der Waals surface area contributed by atoms with Crippen LogP contribution in [0.1, 0.15) is 36.2 Å². The predicted molar refractivity (Wildman–Crippen MR) is 78.9 cm³/mol. The Morgan fingerprint density at radius 1 is 1.35 bits per heavy atom. The third kappa shape index (κ3) is 3.73. The lowest BCUT2D eigenvalue weighted by Gasteiger charge is -2.09. The smallest absolute Gasteiger partial charge is 0.251 e. The van der Waals surface area contributed by atoms with Crippen molar-refractivity contribution in [1.29, 1.82) is 0 Å². The zero-order valence-electron chi connectivity index (χ0n) is 12.0. The van der Waals surface area contributed by atoms with Gasteiger partial charge in [-0.25, -0.2) is 0 Å². The van der Waals surface area contributed by atoms with Gasteiger partial charge in [0.15, 0.2) is 0 Å². The number of amides is 2. The second kappa shape index (κ2) is 6.41. The van der Waals surface area contributed by atoms with Gasteiger partial charge in [0.25, 0.3) is 5.91 Å². The first-order chi connectivity index (χ1) is 9.56. The average Bonchev–Trinajstić information content (AvgIpc) is 2.84. The molecule has 0 spiro atoms. The van der Waals surface area contributed by atoms with Crippen LogP contribution in [-0.2, 0) is 11.2 Å². The normalized spacial score (nSPS) is 12.8. The molecule has 0 saturated carbocycles. The quantitative estimate of drug-likeness (QED) is 0.758. The Balaban J connectivity index is 1.82. The molecule has 0 radical (unpaired) electrons. The summed E-state index contributed by atoms with van der Waals surface area (Å²) in [4.78, 5) is 23.4. The molecule has 0 unspecified atom stereocenters. The van der Waals surface area contributed by atoms with Crippen LogP contribution in [0.4, 0.5) is 5.69 Å². The summed E-state index contributed by atoms with van der Waals surface area (Å²) in [6, 6.07) is 5.78. The summed E-state index contributed by atoms with van der Waals surface area (Å²) in [5.41, 5.74) is 2.93. The first kappa shape index (κ1) is 14.4. The minimum absolute atomic E-state index is 0.0431. The van der Waals surface area contributed by atoms with Gasteiger partial charge in [-0.2, -0.15) is 0 Å². The fourth-order valence-corrected chi connectivity index (χ4v) is 2.23. The fraction of sp³-hybridized carbons (Fsp3) is 0.467. The summed E-state index contributed by atoms with van der Waals surface area (Å²) >= 11 is 0. The number of hydrogen-bond donors (Lipinski definition) is 3. The molecule has 0 saturated heterocycles. The minimum Gasteiger partial charge on any atom is -0.384 e. The molecular weight excluding hydrogens is 254 g/mol. The highest BCUT2D eigenvalue weighted by molar-refractivity contribution is 5.95. The van der Waals surface area contributed by atoms with E-state index in [1.165, 1.54) is 5.56 Å². The molecule has 2 rings (SSSR count). The second-order valence-corrected chi connectivity index (χ2v) is 5.28. The molecule has 20 heavy (non-hydrogen) atoms. The van der Waals surface area contributed by atoms with Gasteiger partial charge >= 0.3 is 0 Å². The van der Waals surface area contributed by atoms with E-state index in [4.69, 9.17) is 0 Å². The van der Waals surface area contributed by atoms with Crippen LogP contribution < -0.4 is 16.0 Å². The number of benzene rings is 1. The van der Waals surface area contributed by atoms with Crippen molar-refractivity contribution < 1.29 is 9.59 Å². The molecule has 1 aliphatic heterocycles.